The number of hydrogen-bond donors (Lipinski definition) is 0. The van der Waals surface area contributed by atoms with Gasteiger partial charge in [0.05, 0.1) is 17.4 Å². The molecule has 34 heavy (non-hydrogen) atoms. The van der Waals surface area contributed by atoms with Crippen molar-refractivity contribution in [3.8, 4) is 11.4 Å². The molecule has 5 nitrogen and oxygen atoms in total. The van der Waals surface area contributed by atoms with Gasteiger partial charge in [-0.05, 0) is 75.4 Å². The Kier molecular flexibility index (Phi) is 4.80. The van der Waals surface area contributed by atoms with Crippen molar-refractivity contribution in [3.05, 3.63) is 76.6 Å². The molecule has 1 amide bonds. The monoisotopic (exact) mass is 463 g/mol. The standard InChI is InChI=1S/C27H27F2N3O2/c1-16-3-8-22(29)24(9-16)32-17(2)10-23(30-32)18-12-27(13-18)14-31(15-27)26(33)21-7-4-19(28)11-25(21)34-20-5-6-20/h3-4,7-11,18,20H,5-6,12-15H2,1-2H3. The van der Waals surface area contributed by atoms with Crippen molar-refractivity contribution < 1.29 is 18.3 Å². The molecule has 3 aliphatic rings. The SMILES string of the molecule is Cc1ccc(F)c(-n2nc(C3CC4(C3)CN(C(=O)c3ccc(F)cc3OC3CC3)C4)cc2C)c1. The van der Waals surface area contributed by atoms with Gasteiger partial charge in [-0.1, -0.05) is 6.07 Å². The van der Waals surface area contributed by atoms with Gasteiger partial charge in [-0.15, -0.1) is 0 Å². The summed E-state index contributed by atoms with van der Waals surface area (Å²) in [6, 6.07) is 11.3. The molecule has 2 heterocycles. The van der Waals surface area contributed by atoms with Crippen LogP contribution in [0.1, 0.15) is 58.9 Å². The zero-order valence-corrected chi connectivity index (χ0v) is 19.4. The molecule has 1 saturated heterocycles. The van der Waals surface area contributed by atoms with Crippen LogP contribution in [0.2, 0.25) is 0 Å². The number of benzene rings is 2. The summed E-state index contributed by atoms with van der Waals surface area (Å²) >= 11 is 0. The Morgan fingerprint density at radius 2 is 1.82 bits per heavy atom. The number of hydrogen-bond acceptors (Lipinski definition) is 3. The molecule has 6 rings (SSSR count). The lowest BCUT2D eigenvalue weighted by molar-refractivity contribution is -0.0563. The zero-order valence-electron chi connectivity index (χ0n) is 19.4. The second-order valence-corrected chi connectivity index (χ2v) is 10.3. The molecule has 0 N–H and O–H groups in total. The number of aromatic nitrogens is 2. The molecule has 2 aromatic carbocycles. The predicted octanol–water partition coefficient (Wildman–Crippen LogP) is 5.33. The summed E-state index contributed by atoms with van der Waals surface area (Å²) in [6.45, 7) is 5.26. The smallest absolute Gasteiger partial charge is 0.257 e. The topological polar surface area (TPSA) is 47.4 Å². The molecule has 0 bridgehead atoms. The number of ether oxygens (including phenoxy) is 1. The van der Waals surface area contributed by atoms with E-state index in [1.54, 1.807) is 10.7 Å². The van der Waals surface area contributed by atoms with E-state index in [2.05, 4.69) is 0 Å². The molecule has 3 aromatic rings. The molecule has 0 atom stereocenters. The highest BCUT2D eigenvalue weighted by Crippen LogP contribution is 2.56. The first-order valence-electron chi connectivity index (χ1n) is 11.9. The van der Waals surface area contributed by atoms with Gasteiger partial charge in [0, 0.05) is 36.2 Å². The van der Waals surface area contributed by atoms with Crippen molar-refractivity contribution in [1.82, 2.24) is 14.7 Å². The first-order valence-corrected chi connectivity index (χ1v) is 11.9. The number of amides is 1. The fraction of sp³-hybridized carbons (Fsp3) is 0.407. The third-order valence-corrected chi connectivity index (χ3v) is 7.35. The summed E-state index contributed by atoms with van der Waals surface area (Å²) in [4.78, 5) is 14.9. The molecule has 1 aliphatic heterocycles. The van der Waals surface area contributed by atoms with Crippen LogP contribution in [0, 0.1) is 30.9 Å². The van der Waals surface area contributed by atoms with E-state index in [4.69, 9.17) is 9.84 Å². The minimum absolute atomic E-state index is 0.0972. The third-order valence-electron chi connectivity index (χ3n) is 7.35. The van der Waals surface area contributed by atoms with Crippen LogP contribution in [-0.4, -0.2) is 39.8 Å². The van der Waals surface area contributed by atoms with Crippen molar-refractivity contribution in [3.63, 3.8) is 0 Å². The number of halogens is 2. The Morgan fingerprint density at radius 3 is 2.56 bits per heavy atom. The van der Waals surface area contributed by atoms with Crippen LogP contribution in [0.4, 0.5) is 8.78 Å². The lowest BCUT2D eigenvalue weighted by Crippen LogP contribution is -2.63. The minimum Gasteiger partial charge on any atom is -0.489 e. The van der Waals surface area contributed by atoms with E-state index in [9.17, 15) is 13.6 Å². The Labute approximate surface area is 197 Å². The molecule has 7 heteroatoms. The van der Waals surface area contributed by atoms with Gasteiger partial charge >= 0.3 is 0 Å². The molecule has 0 unspecified atom stereocenters. The maximum Gasteiger partial charge on any atom is 0.257 e. The molecule has 2 aliphatic carbocycles. The average Bonchev–Trinajstić information content (AvgIpc) is 3.47. The summed E-state index contributed by atoms with van der Waals surface area (Å²) in [5.41, 5.74) is 3.90. The number of rotatable bonds is 5. The Morgan fingerprint density at radius 1 is 1.06 bits per heavy atom. The molecule has 0 radical (unpaired) electrons. The summed E-state index contributed by atoms with van der Waals surface area (Å²) in [7, 11) is 0. The lowest BCUT2D eigenvalue weighted by Gasteiger charge is -2.58. The Balaban J connectivity index is 1.12. The summed E-state index contributed by atoms with van der Waals surface area (Å²) in [5, 5.41) is 4.73. The van der Waals surface area contributed by atoms with Crippen molar-refractivity contribution in [2.75, 3.05) is 13.1 Å². The molecular formula is C27H27F2N3O2. The van der Waals surface area contributed by atoms with Gasteiger partial charge in [-0.3, -0.25) is 4.79 Å². The minimum atomic E-state index is -0.394. The van der Waals surface area contributed by atoms with Gasteiger partial charge in [-0.2, -0.15) is 5.10 Å². The highest BCUT2D eigenvalue weighted by atomic mass is 19.1. The maximum atomic E-state index is 14.4. The van der Waals surface area contributed by atoms with Crippen LogP contribution in [0.15, 0.2) is 42.5 Å². The number of carbonyl (C=O) groups excluding carboxylic acids is 1. The van der Waals surface area contributed by atoms with Crippen molar-refractivity contribution in [2.45, 2.75) is 51.6 Å². The largest absolute Gasteiger partial charge is 0.489 e. The van der Waals surface area contributed by atoms with E-state index in [1.807, 2.05) is 30.9 Å². The van der Waals surface area contributed by atoms with Crippen LogP contribution >= 0.6 is 0 Å². The van der Waals surface area contributed by atoms with Gasteiger partial charge in [0.1, 0.15) is 23.1 Å². The fourth-order valence-corrected chi connectivity index (χ4v) is 5.39. The van der Waals surface area contributed by atoms with Gasteiger partial charge in [0.25, 0.3) is 5.91 Å². The van der Waals surface area contributed by atoms with Crippen LogP contribution in [0.3, 0.4) is 0 Å². The van der Waals surface area contributed by atoms with Crippen molar-refractivity contribution >= 4 is 5.91 Å². The van der Waals surface area contributed by atoms with Crippen molar-refractivity contribution in [2.24, 2.45) is 5.41 Å². The third kappa shape index (κ3) is 3.67. The van der Waals surface area contributed by atoms with Crippen LogP contribution in [-0.2, 0) is 0 Å². The van der Waals surface area contributed by atoms with Gasteiger partial charge in [0.2, 0.25) is 0 Å². The number of likely N-dealkylation sites (tertiary alicyclic amines) is 1. The lowest BCUT2D eigenvalue weighted by atomic mass is 9.57. The molecule has 3 fully saturated rings. The highest BCUT2D eigenvalue weighted by Gasteiger charge is 2.54. The van der Waals surface area contributed by atoms with E-state index in [1.165, 1.54) is 24.3 Å². The van der Waals surface area contributed by atoms with Gasteiger partial charge in [-0.25, -0.2) is 13.5 Å². The van der Waals surface area contributed by atoms with E-state index in [-0.39, 0.29) is 23.2 Å². The normalized spacial score (nSPS) is 19.1. The first kappa shape index (κ1) is 21.3. The van der Waals surface area contributed by atoms with Crippen LogP contribution < -0.4 is 4.74 Å². The molecular weight excluding hydrogens is 436 g/mol. The predicted molar refractivity (Wildman–Crippen MR) is 123 cm³/mol. The van der Waals surface area contributed by atoms with Crippen LogP contribution in [0.5, 0.6) is 5.75 Å². The Bertz CT molecular complexity index is 1280. The zero-order chi connectivity index (χ0) is 23.6. The number of nitrogens with zero attached hydrogens (tertiary/aromatic N) is 3. The average molecular weight is 464 g/mol. The highest BCUT2D eigenvalue weighted by molar-refractivity contribution is 5.97. The van der Waals surface area contributed by atoms with Gasteiger partial charge in [0.15, 0.2) is 0 Å². The number of carbonyl (C=O) groups is 1. The van der Waals surface area contributed by atoms with E-state index < -0.39 is 5.82 Å². The first-order chi connectivity index (χ1) is 16.3. The summed E-state index contributed by atoms with van der Waals surface area (Å²) < 4.78 is 35.6. The van der Waals surface area contributed by atoms with E-state index >= 15 is 0 Å². The number of aryl methyl sites for hydroxylation is 2. The second kappa shape index (κ2) is 7.65. The molecule has 1 aromatic heterocycles. The molecule has 2 saturated carbocycles. The molecule has 176 valence electrons. The van der Waals surface area contributed by atoms with Crippen molar-refractivity contribution in [1.29, 1.82) is 0 Å². The summed E-state index contributed by atoms with van der Waals surface area (Å²) in [5.74, 6) is -0.115. The van der Waals surface area contributed by atoms with Gasteiger partial charge < -0.3 is 9.64 Å². The fourth-order valence-electron chi connectivity index (χ4n) is 5.39. The second-order valence-electron chi connectivity index (χ2n) is 10.3. The summed E-state index contributed by atoms with van der Waals surface area (Å²) in [6.07, 6.45) is 3.91. The van der Waals surface area contributed by atoms with E-state index in [0.717, 1.165) is 42.6 Å². The quantitative estimate of drug-likeness (QED) is 0.514. The van der Waals surface area contributed by atoms with Crippen LogP contribution in [0.25, 0.3) is 5.69 Å². The Hall–Kier alpha value is -3.22. The van der Waals surface area contributed by atoms with E-state index in [0.29, 0.717) is 36.0 Å². The molecule has 1 spiro atoms. The maximum absolute atomic E-state index is 14.4.